The monoisotopic (exact) mass is 439 g/mol. The molecule has 1 amide bonds. The second-order valence-corrected chi connectivity index (χ2v) is 14.5. The number of carbonyl (C=O) groups excluding carboxylic acids is 2. The molecule has 4 nitrogen and oxygen atoms in total. The number of aryl methyl sites for hydroxylation is 3. The van der Waals surface area contributed by atoms with Crippen molar-refractivity contribution in [3.63, 3.8) is 0 Å². The van der Waals surface area contributed by atoms with Gasteiger partial charge < -0.3 is 0 Å². The van der Waals surface area contributed by atoms with Gasteiger partial charge in [0, 0.05) is 0 Å². The van der Waals surface area contributed by atoms with Gasteiger partial charge in [-0.1, -0.05) is 0 Å². The summed E-state index contributed by atoms with van der Waals surface area (Å²) >= 11 is 0. The van der Waals surface area contributed by atoms with Crippen molar-refractivity contribution >= 4 is 24.8 Å². The summed E-state index contributed by atoms with van der Waals surface area (Å²) in [5, 5.41) is 2.98. The molecule has 0 unspecified atom stereocenters. The van der Waals surface area contributed by atoms with E-state index in [0.29, 0.717) is 12.8 Å². The van der Waals surface area contributed by atoms with E-state index in [2.05, 4.69) is 38.2 Å². The van der Waals surface area contributed by atoms with Crippen LogP contribution in [0, 0.1) is 20.8 Å². The Morgan fingerprint density at radius 2 is 1.61 bits per heavy atom. The minimum absolute atomic E-state index is 0.126. The Bertz CT molecular complexity index is 952. The molecular weight excluding hydrogens is 405 g/mol. The molecule has 166 valence electrons. The van der Waals surface area contributed by atoms with E-state index < -0.39 is 7.26 Å². The van der Waals surface area contributed by atoms with Crippen LogP contribution in [0.15, 0.2) is 42.5 Å². The third-order valence-electron chi connectivity index (χ3n) is 7.40. The Morgan fingerprint density at radius 3 is 2.19 bits per heavy atom. The van der Waals surface area contributed by atoms with Crippen molar-refractivity contribution in [2.45, 2.75) is 58.2 Å². The molecule has 2 aliphatic rings. The summed E-state index contributed by atoms with van der Waals surface area (Å²) in [7, 11) is -2.10. The summed E-state index contributed by atoms with van der Waals surface area (Å²) < 4.78 is 5.65. The number of nitrogens with one attached hydrogen (secondary N) is 1. The average Bonchev–Trinajstić information content (AvgIpc) is 3.44. The summed E-state index contributed by atoms with van der Waals surface area (Å²) in [6, 6.07) is 14.0. The van der Waals surface area contributed by atoms with Gasteiger partial charge in [0.15, 0.2) is 0 Å². The maximum atomic E-state index is 13.6. The third-order valence-corrected chi connectivity index (χ3v) is 13.7. The zero-order chi connectivity index (χ0) is 22.1. The van der Waals surface area contributed by atoms with Gasteiger partial charge in [-0.3, -0.25) is 0 Å². The summed E-state index contributed by atoms with van der Waals surface area (Å²) in [4.78, 5) is 26.5. The molecule has 0 aromatic heterocycles. The average molecular weight is 440 g/mol. The van der Waals surface area contributed by atoms with Gasteiger partial charge in [-0.15, -0.1) is 0 Å². The maximum absolute atomic E-state index is 13.6. The number of ether oxygens (including phenoxy) is 1. The number of amides is 1. The number of benzene rings is 2. The topological polar surface area (TPSA) is 55.4 Å². The Labute approximate surface area is 186 Å². The van der Waals surface area contributed by atoms with Gasteiger partial charge in [0.05, 0.1) is 0 Å². The normalized spacial score (nSPS) is 19.5. The first-order chi connectivity index (χ1) is 14.9. The first kappa shape index (κ1) is 22.0. The molecule has 2 aromatic carbocycles. The van der Waals surface area contributed by atoms with E-state index in [4.69, 9.17) is 4.74 Å². The Balaban J connectivity index is 1.49. The van der Waals surface area contributed by atoms with Crippen LogP contribution in [-0.4, -0.2) is 35.5 Å². The summed E-state index contributed by atoms with van der Waals surface area (Å²) in [5.74, 6) is 0.0196. The Kier molecular flexibility index (Phi) is 6.21. The van der Waals surface area contributed by atoms with Gasteiger partial charge in [0.1, 0.15) is 0 Å². The standard InChI is InChI=1S/C26H34NO3P/c1-19-15-20(2)24(21(3)16-19)27-25(29)26(11-12-26)31(13-7-8-14-31)18-23(28)30-17-22-9-5-4-6-10-22/h4-6,9-10,15-16,31H,7-8,11-14,17-18H2,1-3H3,(H,27,29). The minimum atomic E-state index is -2.10. The Hall–Kier alpha value is -2.19. The number of hydrogen-bond acceptors (Lipinski definition) is 3. The fourth-order valence-electron chi connectivity index (χ4n) is 5.68. The number of anilines is 1. The van der Waals surface area contributed by atoms with Gasteiger partial charge >= 0.3 is 186 Å². The van der Waals surface area contributed by atoms with Crippen LogP contribution < -0.4 is 5.32 Å². The van der Waals surface area contributed by atoms with Crippen molar-refractivity contribution in [1.82, 2.24) is 0 Å². The van der Waals surface area contributed by atoms with Crippen LogP contribution in [0.2, 0.25) is 0 Å². The molecule has 5 heteroatoms. The van der Waals surface area contributed by atoms with Crippen molar-refractivity contribution in [3.05, 3.63) is 64.7 Å². The first-order valence-electron chi connectivity index (χ1n) is 11.4. The number of esters is 1. The molecule has 0 bridgehead atoms. The zero-order valence-corrected chi connectivity index (χ0v) is 19.9. The third kappa shape index (κ3) is 4.41. The van der Waals surface area contributed by atoms with Crippen LogP contribution in [0.1, 0.15) is 47.9 Å². The molecule has 0 radical (unpaired) electrons. The molecule has 1 N–H and O–H groups in total. The zero-order valence-electron chi connectivity index (χ0n) is 18.9. The SMILES string of the molecule is Cc1cc(C)c(NC(=O)C2([PH]3(CC(=O)OCc4ccccc4)CCCC3)CC2)c(C)c1. The van der Waals surface area contributed by atoms with Gasteiger partial charge in [0.2, 0.25) is 0 Å². The van der Waals surface area contributed by atoms with Gasteiger partial charge in [-0.2, -0.15) is 0 Å². The van der Waals surface area contributed by atoms with E-state index in [1.165, 1.54) is 5.56 Å². The molecule has 1 aliphatic heterocycles. The fourth-order valence-corrected chi connectivity index (χ4v) is 11.8. The molecular formula is C26H34NO3P. The van der Waals surface area contributed by atoms with Gasteiger partial charge in [0.25, 0.3) is 0 Å². The molecule has 0 spiro atoms. The van der Waals surface area contributed by atoms with Crippen LogP contribution in [0.25, 0.3) is 0 Å². The van der Waals surface area contributed by atoms with Crippen LogP contribution in [0.3, 0.4) is 0 Å². The van der Waals surface area contributed by atoms with E-state index in [-0.39, 0.29) is 17.0 Å². The van der Waals surface area contributed by atoms with Crippen molar-refractivity contribution in [3.8, 4) is 0 Å². The van der Waals surface area contributed by atoms with Crippen molar-refractivity contribution in [2.75, 3.05) is 23.8 Å². The van der Waals surface area contributed by atoms with Crippen molar-refractivity contribution < 1.29 is 14.3 Å². The molecule has 1 saturated heterocycles. The van der Waals surface area contributed by atoms with E-state index in [0.717, 1.165) is 60.4 Å². The second kappa shape index (κ2) is 8.74. The predicted octanol–water partition coefficient (Wildman–Crippen LogP) is 5.37. The molecule has 31 heavy (non-hydrogen) atoms. The van der Waals surface area contributed by atoms with Crippen LogP contribution in [0.4, 0.5) is 5.69 Å². The number of carbonyl (C=O) groups is 2. The molecule has 0 atom stereocenters. The molecule has 2 aromatic rings. The Morgan fingerprint density at radius 1 is 1.00 bits per heavy atom. The number of rotatable bonds is 7. The van der Waals surface area contributed by atoms with E-state index in [1.807, 2.05) is 30.3 Å². The quantitative estimate of drug-likeness (QED) is 0.466. The van der Waals surface area contributed by atoms with Crippen molar-refractivity contribution in [2.24, 2.45) is 0 Å². The van der Waals surface area contributed by atoms with Gasteiger partial charge in [-0.25, -0.2) is 0 Å². The summed E-state index contributed by atoms with van der Waals surface area (Å²) in [6.45, 7) is 6.50. The summed E-state index contributed by atoms with van der Waals surface area (Å²) in [5.41, 5.74) is 5.35. The molecule has 1 heterocycles. The van der Waals surface area contributed by atoms with E-state index in [1.54, 1.807) is 0 Å². The van der Waals surface area contributed by atoms with Crippen LogP contribution in [-0.2, 0) is 20.9 Å². The van der Waals surface area contributed by atoms with E-state index >= 15 is 0 Å². The first-order valence-corrected chi connectivity index (χ1v) is 14.1. The van der Waals surface area contributed by atoms with Crippen LogP contribution in [0.5, 0.6) is 0 Å². The summed E-state index contributed by atoms with van der Waals surface area (Å²) in [6.07, 6.45) is 6.70. The van der Waals surface area contributed by atoms with Crippen LogP contribution >= 0.6 is 7.26 Å². The molecule has 1 saturated carbocycles. The molecule has 4 rings (SSSR count). The second-order valence-electron chi connectivity index (χ2n) is 9.62. The van der Waals surface area contributed by atoms with Gasteiger partial charge in [-0.05, 0) is 0 Å². The molecule has 2 fully saturated rings. The number of hydrogen-bond donors (Lipinski definition) is 1. The predicted molar refractivity (Wildman–Crippen MR) is 130 cm³/mol. The fraction of sp³-hybridized carbons (Fsp3) is 0.462. The molecule has 1 aliphatic carbocycles. The van der Waals surface area contributed by atoms with Crippen molar-refractivity contribution in [1.29, 1.82) is 0 Å². The van der Waals surface area contributed by atoms with E-state index in [9.17, 15) is 9.59 Å².